The Morgan fingerprint density at radius 2 is 1.82 bits per heavy atom. The Morgan fingerprint density at radius 3 is 2.42 bits per heavy atom. The van der Waals surface area contributed by atoms with Gasteiger partial charge in [0.05, 0.1) is 54.4 Å². The molecule has 0 amide bonds. The summed E-state index contributed by atoms with van der Waals surface area (Å²) in [6.07, 6.45) is 6.36. The summed E-state index contributed by atoms with van der Waals surface area (Å²) >= 11 is 2.42. The molecule has 262 valence electrons. The van der Waals surface area contributed by atoms with Crippen molar-refractivity contribution in [3.63, 3.8) is 0 Å². The Kier molecular flexibility index (Phi) is 14.7. The maximum Gasteiger partial charge on any atom is 0.311 e. The van der Waals surface area contributed by atoms with Gasteiger partial charge in [-0.1, -0.05) is 63.3 Å². The SMILES string of the molecule is C=C([C@H](C)CC1CC[C@@H]2O[C@@H](CCCOC(=O)C(C)(C)C)C[C@]2(CI)O1)[C@H](O)C[C@@H]1O[C@H](C[C@H](C)CC)[C@H](C)[C@H]1CS(=O)(=O)P. The summed E-state index contributed by atoms with van der Waals surface area (Å²) in [5.41, 5.74) is -0.0704. The van der Waals surface area contributed by atoms with Crippen LogP contribution in [0.25, 0.3) is 0 Å². The van der Waals surface area contributed by atoms with Gasteiger partial charge in [-0.15, -0.1) is 0 Å². The van der Waals surface area contributed by atoms with Crippen LogP contribution in [0.3, 0.4) is 0 Å². The molecular formula is C34H60IO8PS. The average molecular weight is 787 g/mol. The molecule has 3 heterocycles. The van der Waals surface area contributed by atoms with E-state index in [1.807, 2.05) is 29.2 Å². The summed E-state index contributed by atoms with van der Waals surface area (Å²) in [5, 5.41) is 11.3. The van der Waals surface area contributed by atoms with Crippen molar-refractivity contribution in [3.8, 4) is 0 Å². The van der Waals surface area contributed by atoms with Crippen LogP contribution in [0.4, 0.5) is 0 Å². The van der Waals surface area contributed by atoms with Gasteiger partial charge < -0.3 is 24.1 Å². The number of aliphatic hydroxyl groups excluding tert-OH is 1. The smallest absolute Gasteiger partial charge is 0.311 e. The Hall–Kier alpha value is 0.160. The van der Waals surface area contributed by atoms with Gasteiger partial charge in [-0.2, -0.15) is 0 Å². The third-order valence-corrected chi connectivity index (χ3v) is 13.1. The number of carbonyl (C=O) groups is 1. The van der Waals surface area contributed by atoms with Crippen LogP contribution in [0.5, 0.6) is 0 Å². The molecule has 2 unspecified atom stereocenters. The second-order valence-corrected chi connectivity index (χ2v) is 19.8. The van der Waals surface area contributed by atoms with E-state index in [0.717, 1.165) is 61.4 Å². The average Bonchev–Trinajstić information content (AvgIpc) is 3.45. The molecule has 0 aliphatic carbocycles. The molecule has 0 spiro atoms. The Morgan fingerprint density at radius 1 is 1.13 bits per heavy atom. The van der Waals surface area contributed by atoms with Gasteiger partial charge in [0.15, 0.2) is 9.46 Å². The van der Waals surface area contributed by atoms with Crippen LogP contribution >= 0.6 is 31.0 Å². The van der Waals surface area contributed by atoms with Crippen molar-refractivity contribution in [2.75, 3.05) is 16.8 Å². The highest BCUT2D eigenvalue weighted by Crippen LogP contribution is 2.46. The van der Waals surface area contributed by atoms with Gasteiger partial charge in [0.25, 0.3) is 0 Å². The van der Waals surface area contributed by atoms with Crippen LogP contribution in [0.1, 0.15) is 106 Å². The molecule has 3 aliphatic rings. The number of hydrogen-bond acceptors (Lipinski definition) is 8. The predicted octanol–water partition coefficient (Wildman–Crippen LogP) is 6.86. The summed E-state index contributed by atoms with van der Waals surface area (Å²) in [4.78, 5) is 12.1. The van der Waals surface area contributed by atoms with Crippen LogP contribution in [0, 0.1) is 29.1 Å². The molecule has 0 bridgehead atoms. The topological polar surface area (TPSA) is 108 Å². The van der Waals surface area contributed by atoms with Gasteiger partial charge in [0.2, 0.25) is 0 Å². The van der Waals surface area contributed by atoms with Crippen LogP contribution in [-0.4, -0.2) is 78.5 Å². The third kappa shape index (κ3) is 11.1. The number of rotatable bonds is 16. The minimum atomic E-state index is -3.27. The Balaban J connectivity index is 1.54. The van der Waals surface area contributed by atoms with E-state index < -0.39 is 21.0 Å². The predicted molar refractivity (Wildman–Crippen MR) is 191 cm³/mol. The standard InChI is InChI=1S/C34H60IO8PS/c1-9-21(2)15-29-24(5)27(19-45(38,39)44)30(42-29)17-28(36)23(4)22(3)16-25-12-13-31-34(20-35,43-25)18-26(41-31)11-10-14-40-32(37)33(6,7)8/h21-22,24-31,36H,4,9-20,44H2,1-3,5-8H3/t21-,22-,24-,25?,26+,27-,28-,29-,30+,31+,34-/m1/s1. The molecular weight excluding hydrogens is 726 g/mol. The maximum atomic E-state index is 12.3. The second-order valence-electron chi connectivity index (χ2n) is 15.3. The fourth-order valence-corrected chi connectivity index (χ4v) is 9.91. The van der Waals surface area contributed by atoms with Crippen molar-refractivity contribution in [1.29, 1.82) is 0 Å². The molecule has 0 saturated carbocycles. The van der Waals surface area contributed by atoms with Gasteiger partial charge in [-0.3, -0.25) is 4.79 Å². The first kappa shape index (κ1) is 39.6. The largest absolute Gasteiger partial charge is 0.465 e. The molecule has 3 rings (SSSR count). The van der Waals surface area contributed by atoms with Crippen molar-refractivity contribution < 1.29 is 37.3 Å². The molecule has 8 nitrogen and oxygen atoms in total. The number of aliphatic hydroxyl groups is 1. The zero-order valence-corrected chi connectivity index (χ0v) is 32.8. The van der Waals surface area contributed by atoms with Gasteiger partial charge in [-0.25, -0.2) is 8.42 Å². The van der Waals surface area contributed by atoms with E-state index >= 15 is 0 Å². The zero-order valence-electron chi connectivity index (χ0n) is 28.6. The van der Waals surface area contributed by atoms with E-state index in [1.165, 1.54) is 0 Å². The van der Waals surface area contributed by atoms with Crippen LogP contribution in [0.15, 0.2) is 12.2 Å². The van der Waals surface area contributed by atoms with Crippen molar-refractivity contribution >= 4 is 46.5 Å². The summed E-state index contributed by atoms with van der Waals surface area (Å²) in [7, 11) is -1.29. The summed E-state index contributed by atoms with van der Waals surface area (Å²) < 4.78 is 50.6. The number of halogens is 1. The molecule has 45 heavy (non-hydrogen) atoms. The van der Waals surface area contributed by atoms with E-state index in [2.05, 4.69) is 56.9 Å². The fourth-order valence-electron chi connectivity index (χ4n) is 7.21. The lowest BCUT2D eigenvalue weighted by Gasteiger charge is -2.42. The van der Waals surface area contributed by atoms with Gasteiger partial charge in [-0.05, 0) is 91.1 Å². The monoisotopic (exact) mass is 786 g/mol. The van der Waals surface area contributed by atoms with Gasteiger partial charge in [0.1, 0.15) is 5.60 Å². The van der Waals surface area contributed by atoms with Crippen LogP contribution in [-0.2, 0) is 33.2 Å². The molecule has 0 aromatic carbocycles. The van der Waals surface area contributed by atoms with Crippen molar-refractivity contribution in [1.82, 2.24) is 0 Å². The van der Waals surface area contributed by atoms with E-state index in [9.17, 15) is 18.3 Å². The van der Waals surface area contributed by atoms with E-state index in [0.29, 0.717) is 18.9 Å². The Bertz CT molecular complexity index is 1100. The summed E-state index contributed by atoms with van der Waals surface area (Å²) in [5.74, 6) is 0.313. The quantitative estimate of drug-likeness (QED) is 0.0452. The van der Waals surface area contributed by atoms with E-state index in [1.54, 1.807) is 0 Å². The van der Waals surface area contributed by atoms with Crippen molar-refractivity contribution in [3.05, 3.63) is 12.2 Å². The van der Waals surface area contributed by atoms with E-state index in [-0.39, 0.29) is 65.6 Å². The first-order valence-electron chi connectivity index (χ1n) is 17.0. The number of ether oxygens (including phenoxy) is 4. The van der Waals surface area contributed by atoms with E-state index in [4.69, 9.17) is 18.9 Å². The molecule has 12 atom stereocenters. The molecule has 0 aromatic rings. The highest BCUT2D eigenvalue weighted by molar-refractivity contribution is 14.1. The molecule has 1 N–H and O–H groups in total. The molecule has 0 radical (unpaired) electrons. The minimum Gasteiger partial charge on any atom is -0.465 e. The van der Waals surface area contributed by atoms with Crippen LogP contribution in [0.2, 0.25) is 0 Å². The normalized spacial score (nSPS) is 34.2. The summed E-state index contributed by atoms with van der Waals surface area (Å²) in [6.45, 7) is 18.8. The van der Waals surface area contributed by atoms with Crippen molar-refractivity contribution in [2.24, 2.45) is 29.1 Å². The lowest BCUT2D eigenvalue weighted by atomic mass is 9.82. The second kappa shape index (κ2) is 16.7. The van der Waals surface area contributed by atoms with Gasteiger partial charge >= 0.3 is 5.97 Å². The number of hydrogen-bond donors (Lipinski definition) is 1. The molecule has 3 saturated heterocycles. The number of carbonyl (C=O) groups excluding carboxylic acids is 1. The summed E-state index contributed by atoms with van der Waals surface area (Å²) in [6, 6.07) is 0. The molecule has 0 aromatic heterocycles. The first-order chi connectivity index (χ1) is 20.9. The van der Waals surface area contributed by atoms with Gasteiger partial charge in [0, 0.05) is 23.2 Å². The number of esters is 1. The number of alkyl halides is 1. The zero-order chi connectivity index (χ0) is 33.7. The van der Waals surface area contributed by atoms with Crippen molar-refractivity contribution in [2.45, 2.75) is 148 Å². The highest BCUT2D eigenvalue weighted by Gasteiger charge is 2.52. The van der Waals surface area contributed by atoms with Crippen LogP contribution < -0.4 is 0 Å². The highest BCUT2D eigenvalue weighted by atomic mass is 127. The third-order valence-electron chi connectivity index (χ3n) is 10.4. The fraction of sp³-hybridized carbons (Fsp3) is 0.912. The maximum absolute atomic E-state index is 12.3. The first-order valence-corrected chi connectivity index (χ1v) is 21.6. The Labute approximate surface area is 288 Å². The lowest BCUT2D eigenvalue weighted by Crippen LogP contribution is -2.50. The lowest BCUT2D eigenvalue weighted by molar-refractivity contribution is -0.156. The molecule has 3 fully saturated rings. The molecule has 3 aliphatic heterocycles. The minimum absolute atomic E-state index is 0.0106. The molecule has 11 heteroatoms. The number of fused-ring (bicyclic) bond motifs is 1.